The molecule has 0 saturated carbocycles. The Morgan fingerprint density at radius 1 is 1.71 bits per heavy atom. The van der Waals surface area contributed by atoms with Crippen LogP contribution in [0.25, 0.3) is 0 Å². The number of hydrogen-bond acceptors (Lipinski definition) is 4. The van der Waals surface area contributed by atoms with Crippen LogP contribution in [0.1, 0.15) is 18.5 Å². The highest BCUT2D eigenvalue weighted by molar-refractivity contribution is 5.72. The van der Waals surface area contributed by atoms with Crippen molar-refractivity contribution < 1.29 is 14.6 Å². The van der Waals surface area contributed by atoms with E-state index in [-0.39, 0.29) is 6.10 Å². The number of aryl methyl sites for hydroxylation is 1. The van der Waals surface area contributed by atoms with Gasteiger partial charge in [0.25, 0.3) is 0 Å². The van der Waals surface area contributed by atoms with E-state index < -0.39 is 12.1 Å². The summed E-state index contributed by atoms with van der Waals surface area (Å²) in [5.74, 6) is -0.862. The van der Waals surface area contributed by atoms with E-state index in [4.69, 9.17) is 9.84 Å². The summed E-state index contributed by atoms with van der Waals surface area (Å²) in [6.45, 7) is 1.39. The molecule has 2 rings (SSSR count). The van der Waals surface area contributed by atoms with E-state index in [0.29, 0.717) is 19.5 Å². The summed E-state index contributed by atoms with van der Waals surface area (Å²) < 4.78 is 7.20. The van der Waals surface area contributed by atoms with Crippen molar-refractivity contribution in [2.24, 2.45) is 7.05 Å². The van der Waals surface area contributed by atoms with Crippen molar-refractivity contribution in [1.82, 2.24) is 15.1 Å². The first-order valence-corrected chi connectivity index (χ1v) is 5.72. The fourth-order valence-corrected chi connectivity index (χ4v) is 1.97. The molecule has 0 spiro atoms. The smallest absolute Gasteiger partial charge is 0.332 e. The predicted molar refractivity (Wildman–Crippen MR) is 60.4 cm³/mol. The second-order valence-electron chi connectivity index (χ2n) is 4.24. The first-order valence-electron chi connectivity index (χ1n) is 5.72. The van der Waals surface area contributed by atoms with Gasteiger partial charge in [-0.05, 0) is 18.9 Å². The molecule has 1 aliphatic rings. The number of aromatic nitrogens is 2. The van der Waals surface area contributed by atoms with Gasteiger partial charge in [-0.25, -0.2) is 4.79 Å². The van der Waals surface area contributed by atoms with Gasteiger partial charge >= 0.3 is 5.97 Å². The zero-order valence-electron chi connectivity index (χ0n) is 9.80. The van der Waals surface area contributed by atoms with Crippen LogP contribution in [0.15, 0.2) is 12.3 Å². The first kappa shape index (κ1) is 12.1. The highest BCUT2D eigenvalue weighted by Crippen LogP contribution is 2.19. The molecule has 1 fully saturated rings. The lowest BCUT2D eigenvalue weighted by Gasteiger charge is -2.12. The molecule has 2 atom stereocenters. The van der Waals surface area contributed by atoms with E-state index in [2.05, 4.69) is 10.4 Å². The average molecular weight is 239 g/mol. The van der Waals surface area contributed by atoms with Crippen LogP contribution in [-0.4, -0.2) is 39.6 Å². The Labute approximate surface area is 99.6 Å². The molecule has 2 heterocycles. The molecule has 0 amide bonds. The molecule has 94 valence electrons. The van der Waals surface area contributed by atoms with Crippen LogP contribution in [0, 0.1) is 0 Å². The quantitative estimate of drug-likeness (QED) is 0.764. The van der Waals surface area contributed by atoms with Crippen LogP contribution in [-0.2, 0) is 23.1 Å². The summed E-state index contributed by atoms with van der Waals surface area (Å²) in [6.07, 6.45) is 2.54. The number of nitrogens with one attached hydrogen (secondary N) is 1. The van der Waals surface area contributed by atoms with Crippen LogP contribution < -0.4 is 5.32 Å². The predicted octanol–water partition coefficient (Wildman–Crippen LogP) is 0.142. The normalized spacial score (nSPS) is 24.1. The Morgan fingerprint density at radius 3 is 3.12 bits per heavy atom. The van der Waals surface area contributed by atoms with Crippen molar-refractivity contribution in [2.75, 3.05) is 6.54 Å². The zero-order chi connectivity index (χ0) is 12.3. The lowest BCUT2D eigenvalue weighted by atomic mass is 10.2. The van der Waals surface area contributed by atoms with Crippen molar-refractivity contribution in [2.45, 2.75) is 31.6 Å². The number of hydrogen-bond donors (Lipinski definition) is 2. The largest absolute Gasteiger partial charge is 0.479 e. The number of carboxylic acid groups (broad SMARTS) is 1. The molecule has 2 N–H and O–H groups in total. The molecule has 1 aromatic heterocycles. The summed E-state index contributed by atoms with van der Waals surface area (Å²) in [5.41, 5.74) is 1.10. The standard InChI is InChI=1S/C11H17N3O3/c1-14-8(4-5-13-14)6-12-7-9-2-3-10(17-9)11(15)16/h4-5,9-10,12H,2-3,6-7H2,1H3,(H,15,16). The minimum absolute atomic E-state index is 0.00401. The summed E-state index contributed by atoms with van der Waals surface area (Å²) in [5, 5.41) is 16.1. The van der Waals surface area contributed by atoms with Crippen LogP contribution in [0.3, 0.4) is 0 Å². The Bertz CT molecular complexity index is 391. The molecule has 17 heavy (non-hydrogen) atoms. The van der Waals surface area contributed by atoms with Crippen molar-refractivity contribution in [3.8, 4) is 0 Å². The second-order valence-corrected chi connectivity index (χ2v) is 4.24. The average Bonchev–Trinajstić information content (AvgIpc) is 2.89. The van der Waals surface area contributed by atoms with E-state index in [9.17, 15) is 4.79 Å². The third-order valence-electron chi connectivity index (χ3n) is 2.98. The van der Waals surface area contributed by atoms with Gasteiger partial charge in [-0.2, -0.15) is 5.10 Å². The molecular weight excluding hydrogens is 222 g/mol. The third-order valence-corrected chi connectivity index (χ3v) is 2.98. The van der Waals surface area contributed by atoms with Crippen molar-refractivity contribution in [3.63, 3.8) is 0 Å². The van der Waals surface area contributed by atoms with Gasteiger partial charge in [0.1, 0.15) is 0 Å². The SMILES string of the molecule is Cn1nccc1CNCC1CCC(C(=O)O)O1. The van der Waals surface area contributed by atoms with Gasteiger partial charge in [-0.3, -0.25) is 4.68 Å². The summed E-state index contributed by atoms with van der Waals surface area (Å²) >= 11 is 0. The molecule has 1 aliphatic heterocycles. The molecule has 1 saturated heterocycles. The minimum atomic E-state index is -0.862. The van der Waals surface area contributed by atoms with Gasteiger partial charge in [-0.15, -0.1) is 0 Å². The number of aliphatic carboxylic acids is 1. The molecular formula is C11H17N3O3. The van der Waals surface area contributed by atoms with Crippen molar-refractivity contribution in [3.05, 3.63) is 18.0 Å². The highest BCUT2D eigenvalue weighted by Gasteiger charge is 2.29. The van der Waals surface area contributed by atoms with E-state index in [1.807, 2.05) is 17.8 Å². The number of carboxylic acids is 1. The Kier molecular flexibility index (Phi) is 3.75. The van der Waals surface area contributed by atoms with Gasteiger partial charge in [0.15, 0.2) is 6.10 Å². The molecule has 1 aromatic rings. The van der Waals surface area contributed by atoms with Gasteiger partial charge in [0.05, 0.1) is 11.8 Å². The number of rotatable bonds is 5. The van der Waals surface area contributed by atoms with Gasteiger partial charge in [-0.1, -0.05) is 0 Å². The second kappa shape index (κ2) is 5.29. The van der Waals surface area contributed by atoms with Crippen LogP contribution in [0.4, 0.5) is 0 Å². The van der Waals surface area contributed by atoms with Gasteiger partial charge < -0.3 is 15.2 Å². The van der Waals surface area contributed by atoms with Crippen molar-refractivity contribution >= 4 is 5.97 Å². The number of nitrogens with zero attached hydrogens (tertiary/aromatic N) is 2. The monoisotopic (exact) mass is 239 g/mol. The Balaban J connectivity index is 1.70. The maximum Gasteiger partial charge on any atom is 0.332 e. The molecule has 2 unspecified atom stereocenters. The lowest BCUT2D eigenvalue weighted by Crippen LogP contribution is -2.29. The van der Waals surface area contributed by atoms with Crippen molar-refractivity contribution in [1.29, 1.82) is 0 Å². The zero-order valence-corrected chi connectivity index (χ0v) is 9.80. The molecule has 6 nitrogen and oxygen atoms in total. The van der Waals surface area contributed by atoms with Crippen LogP contribution in [0.5, 0.6) is 0 Å². The molecule has 0 bridgehead atoms. The Morgan fingerprint density at radius 2 is 2.53 bits per heavy atom. The lowest BCUT2D eigenvalue weighted by molar-refractivity contribution is -0.149. The molecule has 6 heteroatoms. The van der Waals surface area contributed by atoms with Crippen LogP contribution in [0.2, 0.25) is 0 Å². The number of carbonyl (C=O) groups is 1. The molecule has 0 radical (unpaired) electrons. The van der Waals surface area contributed by atoms with Crippen LogP contribution >= 0.6 is 0 Å². The first-order chi connectivity index (χ1) is 8.16. The van der Waals surface area contributed by atoms with E-state index in [0.717, 1.165) is 12.1 Å². The fourth-order valence-electron chi connectivity index (χ4n) is 1.97. The molecule has 0 aliphatic carbocycles. The van der Waals surface area contributed by atoms with Gasteiger partial charge in [0.2, 0.25) is 0 Å². The highest BCUT2D eigenvalue weighted by atomic mass is 16.5. The maximum absolute atomic E-state index is 10.7. The fraction of sp³-hybridized carbons (Fsp3) is 0.636. The van der Waals surface area contributed by atoms with E-state index >= 15 is 0 Å². The van der Waals surface area contributed by atoms with Gasteiger partial charge in [0, 0.05) is 26.3 Å². The van der Waals surface area contributed by atoms with E-state index in [1.54, 1.807) is 6.20 Å². The summed E-state index contributed by atoms with van der Waals surface area (Å²) in [4.78, 5) is 10.7. The third kappa shape index (κ3) is 3.04. The Hall–Kier alpha value is -1.40. The summed E-state index contributed by atoms with van der Waals surface area (Å²) in [6, 6.07) is 1.95. The van der Waals surface area contributed by atoms with E-state index in [1.165, 1.54) is 0 Å². The topological polar surface area (TPSA) is 76.4 Å². The number of ether oxygens (including phenoxy) is 1. The maximum atomic E-state index is 10.7. The molecule has 0 aromatic carbocycles. The minimum Gasteiger partial charge on any atom is -0.479 e. The summed E-state index contributed by atoms with van der Waals surface area (Å²) in [7, 11) is 1.89.